The number of ether oxygens (including phenoxy) is 2. The van der Waals surface area contributed by atoms with Crippen molar-refractivity contribution in [3.8, 4) is 0 Å². The number of imidazole rings is 1. The maximum Gasteiger partial charge on any atom is 0.358 e. The molecule has 0 unspecified atom stereocenters. The van der Waals surface area contributed by atoms with Crippen LogP contribution in [-0.2, 0) is 22.7 Å². The van der Waals surface area contributed by atoms with Crippen molar-refractivity contribution in [1.29, 1.82) is 0 Å². The number of aromatic nitrogens is 2. The van der Waals surface area contributed by atoms with Crippen molar-refractivity contribution < 1.29 is 19.4 Å². The molecule has 0 aromatic carbocycles. The predicted molar refractivity (Wildman–Crippen MR) is 73.7 cm³/mol. The van der Waals surface area contributed by atoms with Crippen LogP contribution in [0.15, 0.2) is 0 Å². The van der Waals surface area contributed by atoms with Gasteiger partial charge in [0.1, 0.15) is 12.4 Å². The normalized spacial score (nSPS) is 11.6. The van der Waals surface area contributed by atoms with Crippen LogP contribution in [0.5, 0.6) is 0 Å². The minimum atomic E-state index is -1.12. The lowest BCUT2D eigenvalue weighted by atomic mass is 10.3. The Morgan fingerprint density at radius 1 is 1.42 bits per heavy atom. The molecule has 108 valence electrons. The lowest BCUT2D eigenvalue weighted by Crippen LogP contribution is -2.21. The predicted octanol–water partition coefficient (Wildman–Crippen LogP) is 1.54. The van der Waals surface area contributed by atoms with Crippen molar-refractivity contribution >= 4 is 14.0 Å². The van der Waals surface area contributed by atoms with Gasteiger partial charge in [0.25, 0.3) is 0 Å². The van der Waals surface area contributed by atoms with Crippen LogP contribution in [0.25, 0.3) is 0 Å². The Balaban J connectivity index is 2.61. The van der Waals surface area contributed by atoms with Crippen LogP contribution >= 0.6 is 0 Å². The van der Waals surface area contributed by atoms with E-state index in [-0.39, 0.29) is 18.9 Å². The first kappa shape index (κ1) is 15.9. The van der Waals surface area contributed by atoms with Gasteiger partial charge in [-0.25, -0.2) is 9.78 Å². The molecule has 0 saturated heterocycles. The number of nitrogens with one attached hydrogen (secondary N) is 1. The number of carbonyl (C=O) groups is 1. The van der Waals surface area contributed by atoms with Crippen LogP contribution in [0.2, 0.25) is 25.7 Å². The van der Waals surface area contributed by atoms with Crippen LogP contribution in [0.3, 0.4) is 0 Å². The number of aliphatic hydroxyl groups excluding tert-OH is 1. The number of hydrogen-bond acceptors (Lipinski definition) is 5. The maximum atomic E-state index is 11.5. The second-order valence-corrected chi connectivity index (χ2v) is 11.1. The standard InChI is InChI=1S/C12H22N2O4Si/c1-17-12(16)11-9(13-10(7-15)14-11)8-18-5-6-19(2,3)4/h15H,5-8H2,1-4H3,(H,13,14). The molecule has 0 spiro atoms. The van der Waals surface area contributed by atoms with Gasteiger partial charge in [0.05, 0.1) is 19.4 Å². The lowest BCUT2D eigenvalue weighted by molar-refractivity contribution is 0.0586. The van der Waals surface area contributed by atoms with Crippen molar-refractivity contribution in [3.05, 3.63) is 17.2 Å². The highest BCUT2D eigenvalue weighted by Crippen LogP contribution is 2.12. The number of hydrogen-bond donors (Lipinski definition) is 2. The molecule has 0 aliphatic rings. The summed E-state index contributed by atoms with van der Waals surface area (Å²) in [6.07, 6.45) is 0. The summed E-state index contributed by atoms with van der Waals surface area (Å²) in [4.78, 5) is 18.4. The molecule has 0 aliphatic heterocycles. The maximum absolute atomic E-state index is 11.5. The summed E-state index contributed by atoms with van der Waals surface area (Å²) in [6.45, 7) is 7.49. The fourth-order valence-corrected chi connectivity index (χ4v) is 2.22. The highest BCUT2D eigenvalue weighted by Gasteiger charge is 2.18. The van der Waals surface area contributed by atoms with Crippen molar-refractivity contribution in [1.82, 2.24) is 9.97 Å². The first-order valence-electron chi connectivity index (χ1n) is 6.22. The largest absolute Gasteiger partial charge is 0.464 e. The third-order valence-corrected chi connectivity index (χ3v) is 4.30. The molecule has 19 heavy (non-hydrogen) atoms. The van der Waals surface area contributed by atoms with Crippen molar-refractivity contribution in [3.63, 3.8) is 0 Å². The summed E-state index contributed by atoms with van der Waals surface area (Å²) >= 11 is 0. The molecule has 0 aliphatic carbocycles. The number of H-pyrrole nitrogens is 1. The highest BCUT2D eigenvalue weighted by molar-refractivity contribution is 6.76. The van der Waals surface area contributed by atoms with E-state index in [0.29, 0.717) is 18.1 Å². The van der Waals surface area contributed by atoms with E-state index in [0.717, 1.165) is 6.04 Å². The zero-order valence-electron chi connectivity index (χ0n) is 11.9. The second-order valence-electron chi connectivity index (χ2n) is 5.52. The van der Waals surface area contributed by atoms with Gasteiger partial charge >= 0.3 is 5.97 Å². The summed E-state index contributed by atoms with van der Waals surface area (Å²) in [5, 5.41) is 9.03. The third kappa shape index (κ3) is 5.13. The Hall–Kier alpha value is -1.18. The number of nitrogens with zero attached hydrogens (tertiary/aromatic N) is 1. The Bertz CT molecular complexity index is 426. The van der Waals surface area contributed by atoms with Crippen LogP contribution in [0.4, 0.5) is 0 Å². The van der Waals surface area contributed by atoms with Crippen molar-refractivity contribution in [2.75, 3.05) is 13.7 Å². The summed E-state index contributed by atoms with van der Waals surface area (Å²) in [5.74, 6) is -0.191. The van der Waals surface area contributed by atoms with Gasteiger partial charge < -0.3 is 19.6 Å². The number of esters is 1. The summed E-state index contributed by atoms with van der Waals surface area (Å²) in [7, 11) is 0.175. The molecule has 0 radical (unpaired) electrons. The van der Waals surface area contributed by atoms with E-state index in [9.17, 15) is 4.79 Å². The number of rotatable bonds is 7. The fourth-order valence-electron chi connectivity index (χ4n) is 1.46. The molecular formula is C12H22N2O4Si. The van der Waals surface area contributed by atoms with Gasteiger partial charge in [0.15, 0.2) is 5.69 Å². The van der Waals surface area contributed by atoms with Gasteiger partial charge in [0.2, 0.25) is 0 Å². The molecule has 0 bridgehead atoms. The Morgan fingerprint density at radius 3 is 2.63 bits per heavy atom. The first-order valence-corrected chi connectivity index (χ1v) is 9.93. The lowest BCUT2D eigenvalue weighted by Gasteiger charge is -2.15. The fraction of sp³-hybridized carbons (Fsp3) is 0.667. The molecular weight excluding hydrogens is 264 g/mol. The number of aromatic amines is 1. The average Bonchev–Trinajstić information content (AvgIpc) is 2.76. The van der Waals surface area contributed by atoms with E-state index in [1.807, 2.05) is 0 Å². The van der Waals surface area contributed by atoms with E-state index in [4.69, 9.17) is 9.84 Å². The van der Waals surface area contributed by atoms with E-state index >= 15 is 0 Å². The molecule has 1 heterocycles. The summed E-state index contributed by atoms with van der Waals surface area (Å²) in [6, 6.07) is 1.06. The molecule has 0 fully saturated rings. The van der Waals surface area contributed by atoms with Gasteiger partial charge in [-0.1, -0.05) is 19.6 Å². The van der Waals surface area contributed by atoms with Gasteiger partial charge in [-0.2, -0.15) is 0 Å². The topological polar surface area (TPSA) is 84.4 Å². The van der Waals surface area contributed by atoms with Crippen LogP contribution < -0.4 is 0 Å². The highest BCUT2D eigenvalue weighted by atomic mass is 28.3. The minimum absolute atomic E-state index is 0.180. The molecule has 2 N–H and O–H groups in total. The Labute approximate surface area is 114 Å². The van der Waals surface area contributed by atoms with Crippen molar-refractivity contribution in [2.24, 2.45) is 0 Å². The zero-order valence-corrected chi connectivity index (χ0v) is 12.9. The van der Waals surface area contributed by atoms with Gasteiger partial charge in [-0.15, -0.1) is 0 Å². The summed E-state index contributed by atoms with van der Waals surface area (Å²) < 4.78 is 10.2. The van der Waals surface area contributed by atoms with Gasteiger partial charge in [0, 0.05) is 14.7 Å². The molecule has 0 amide bonds. The van der Waals surface area contributed by atoms with Crippen LogP contribution in [0, 0.1) is 0 Å². The Kier molecular flexibility index (Phi) is 5.71. The molecule has 0 saturated carbocycles. The zero-order chi connectivity index (χ0) is 14.5. The SMILES string of the molecule is COC(=O)c1nc(CO)[nH]c1COCC[Si](C)(C)C. The molecule has 1 aromatic rings. The molecule has 7 heteroatoms. The Morgan fingerprint density at radius 2 is 2.11 bits per heavy atom. The minimum Gasteiger partial charge on any atom is -0.464 e. The van der Waals surface area contributed by atoms with Crippen molar-refractivity contribution in [2.45, 2.75) is 38.9 Å². The number of carbonyl (C=O) groups excluding carboxylic acids is 1. The van der Waals surface area contributed by atoms with Gasteiger partial charge in [-0.3, -0.25) is 0 Å². The third-order valence-electron chi connectivity index (χ3n) is 2.60. The summed E-state index contributed by atoms with van der Waals surface area (Å²) in [5.41, 5.74) is 0.728. The first-order chi connectivity index (χ1) is 8.87. The molecule has 1 rings (SSSR count). The van der Waals surface area contributed by atoms with E-state index < -0.39 is 14.0 Å². The van der Waals surface area contributed by atoms with E-state index in [1.165, 1.54) is 7.11 Å². The molecule has 6 nitrogen and oxygen atoms in total. The average molecular weight is 286 g/mol. The molecule has 0 atom stereocenters. The van der Waals surface area contributed by atoms with E-state index in [1.54, 1.807) is 0 Å². The number of methoxy groups -OCH3 is 1. The smallest absolute Gasteiger partial charge is 0.358 e. The van der Waals surface area contributed by atoms with Crippen LogP contribution in [-0.4, -0.2) is 42.8 Å². The van der Waals surface area contributed by atoms with Crippen LogP contribution in [0.1, 0.15) is 22.0 Å². The number of aliphatic hydroxyl groups is 1. The second kappa shape index (κ2) is 6.83. The quantitative estimate of drug-likeness (QED) is 0.451. The van der Waals surface area contributed by atoms with Gasteiger partial charge in [-0.05, 0) is 6.04 Å². The molecule has 1 aromatic heterocycles. The monoisotopic (exact) mass is 286 g/mol. The van der Waals surface area contributed by atoms with E-state index in [2.05, 4.69) is 34.3 Å².